The number of hydrogen-bond acceptors (Lipinski definition) is 3. The molecule has 0 aromatic carbocycles. The summed E-state index contributed by atoms with van der Waals surface area (Å²) in [7, 11) is 0. The van der Waals surface area contributed by atoms with Crippen molar-refractivity contribution in [3.8, 4) is 0 Å². The second kappa shape index (κ2) is 6.97. The maximum absolute atomic E-state index is 11.5. The number of ether oxygens (including phenoxy) is 1. The van der Waals surface area contributed by atoms with E-state index >= 15 is 0 Å². The molecule has 3 N–H and O–H groups in total. The second-order valence-corrected chi connectivity index (χ2v) is 5.27. The van der Waals surface area contributed by atoms with Crippen LogP contribution >= 0.6 is 0 Å². The molecular weight excluding hydrogens is 216 g/mol. The highest BCUT2D eigenvalue weighted by Crippen LogP contribution is 2.30. The van der Waals surface area contributed by atoms with Gasteiger partial charge in [-0.2, -0.15) is 0 Å². The van der Waals surface area contributed by atoms with Crippen LogP contribution < -0.4 is 11.1 Å². The van der Waals surface area contributed by atoms with E-state index < -0.39 is 0 Å². The van der Waals surface area contributed by atoms with Crippen LogP contribution in [0.2, 0.25) is 0 Å². The molecule has 4 nitrogen and oxygen atoms in total. The highest BCUT2D eigenvalue weighted by Gasteiger charge is 2.31. The Labute approximate surface area is 104 Å². The number of nitrogens with one attached hydrogen (secondary N) is 1. The lowest BCUT2D eigenvalue weighted by atomic mass is 9.85. The summed E-state index contributed by atoms with van der Waals surface area (Å²) in [5.74, 6) is 0.0583. The molecule has 0 atom stereocenters. The molecule has 1 saturated carbocycles. The van der Waals surface area contributed by atoms with Gasteiger partial charge >= 0.3 is 0 Å². The predicted molar refractivity (Wildman–Crippen MR) is 68.7 cm³/mol. The highest BCUT2D eigenvalue weighted by molar-refractivity contribution is 5.76. The van der Waals surface area contributed by atoms with Gasteiger partial charge in [0.15, 0.2) is 0 Å². The molecule has 0 heterocycles. The van der Waals surface area contributed by atoms with Gasteiger partial charge in [0.1, 0.15) is 0 Å². The Morgan fingerprint density at radius 2 is 2.00 bits per heavy atom. The van der Waals surface area contributed by atoms with Crippen LogP contribution in [0, 0.1) is 0 Å². The minimum absolute atomic E-state index is 0.0583. The molecule has 0 aromatic heterocycles. The van der Waals surface area contributed by atoms with E-state index in [9.17, 15) is 4.79 Å². The Bertz CT molecular complexity index is 236. The standard InChI is InChI=1S/C13H26N2O2/c1-11(2)15-12(16)6-9-17-13(10-14)7-4-3-5-8-13/h11H,3-10,14H2,1-2H3,(H,15,16). The van der Waals surface area contributed by atoms with Crippen LogP contribution in [0.3, 0.4) is 0 Å². The molecule has 0 radical (unpaired) electrons. The fraction of sp³-hybridized carbons (Fsp3) is 0.923. The van der Waals surface area contributed by atoms with Crippen LogP contribution in [-0.4, -0.2) is 30.7 Å². The third kappa shape index (κ3) is 5.04. The first-order chi connectivity index (χ1) is 8.08. The number of carbonyl (C=O) groups is 1. The van der Waals surface area contributed by atoms with E-state index in [1.165, 1.54) is 19.3 Å². The zero-order valence-corrected chi connectivity index (χ0v) is 11.1. The van der Waals surface area contributed by atoms with Crippen molar-refractivity contribution >= 4 is 5.91 Å². The van der Waals surface area contributed by atoms with Gasteiger partial charge in [-0.1, -0.05) is 19.3 Å². The monoisotopic (exact) mass is 242 g/mol. The van der Waals surface area contributed by atoms with Gasteiger partial charge in [-0.25, -0.2) is 0 Å². The molecular formula is C13H26N2O2. The van der Waals surface area contributed by atoms with E-state index in [-0.39, 0.29) is 17.6 Å². The van der Waals surface area contributed by atoms with Gasteiger partial charge < -0.3 is 15.8 Å². The molecule has 17 heavy (non-hydrogen) atoms. The quantitative estimate of drug-likeness (QED) is 0.743. The van der Waals surface area contributed by atoms with Crippen molar-refractivity contribution in [1.29, 1.82) is 0 Å². The molecule has 0 aromatic rings. The summed E-state index contributed by atoms with van der Waals surface area (Å²) in [5, 5.41) is 2.86. The summed E-state index contributed by atoms with van der Waals surface area (Å²) in [5.41, 5.74) is 5.65. The van der Waals surface area contributed by atoms with Gasteiger partial charge in [0, 0.05) is 19.0 Å². The molecule has 0 aliphatic heterocycles. The fourth-order valence-corrected chi connectivity index (χ4v) is 2.36. The average molecular weight is 242 g/mol. The maximum Gasteiger partial charge on any atom is 0.222 e. The second-order valence-electron chi connectivity index (χ2n) is 5.27. The maximum atomic E-state index is 11.5. The van der Waals surface area contributed by atoms with E-state index in [0.717, 1.165) is 12.8 Å². The summed E-state index contributed by atoms with van der Waals surface area (Å²) in [6.07, 6.45) is 6.16. The number of nitrogens with two attached hydrogens (primary N) is 1. The van der Waals surface area contributed by atoms with Crippen molar-refractivity contribution in [3.05, 3.63) is 0 Å². The van der Waals surface area contributed by atoms with Crippen molar-refractivity contribution in [2.24, 2.45) is 5.73 Å². The third-order valence-corrected chi connectivity index (χ3v) is 3.32. The number of carbonyl (C=O) groups excluding carboxylic acids is 1. The average Bonchev–Trinajstić information content (AvgIpc) is 2.29. The van der Waals surface area contributed by atoms with Crippen molar-refractivity contribution < 1.29 is 9.53 Å². The van der Waals surface area contributed by atoms with Gasteiger partial charge in [-0.05, 0) is 26.7 Å². The smallest absolute Gasteiger partial charge is 0.222 e. The Morgan fingerprint density at radius 3 is 2.53 bits per heavy atom. The molecule has 1 aliphatic carbocycles. The van der Waals surface area contributed by atoms with Crippen LogP contribution in [0.1, 0.15) is 52.4 Å². The number of rotatable bonds is 6. The summed E-state index contributed by atoms with van der Waals surface area (Å²) >= 11 is 0. The summed E-state index contributed by atoms with van der Waals surface area (Å²) in [6, 6.07) is 0.195. The molecule has 1 amide bonds. The van der Waals surface area contributed by atoms with Crippen molar-refractivity contribution in [2.75, 3.05) is 13.2 Å². The summed E-state index contributed by atoms with van der Waals surface area (Å²) in [4.78, 5) is 11.5. The van der Waals surface area contributed by atoms with Crippen molar-refractivity contribution in [2.45, 2.75) is 64.0 Å². The molecule has 4 heteroatoms. The SMILES string of the molecule is CC(C)NC(=O)CCOC1(CN)CCCCC1. The minimum Gasteiger partial charge on any atom is -0.373 e. The van der Waals surface area contributed by atoms with Gasteiger partial charge in [0.2, 0.25) is 5.91 Å². The van der Waals surface area contributed by atoms with E-state index in [4.69, 9.17) is 10.5 Å². The molecule has 0 spiro atoms. The predicted octanol–water partition coefficient (Wildman–Crippen LogP) is 1.58. The van der Waals surface area contributed by atoms with Gasteiger partial charge in [-0.3, -0.25) is 4.79 Å². The van der Waals surface area contributed by atoms with Crippen molar-refractivity contribution in [1.82, 2.24) is 5.32 Å². The third-order valence-electron chi connectivity index (χ3n) is 3.32. The first kappa shape index (κ1) is 14.5. The molecule has 0 saturated heterocycles. The van der Waals surface area contributed by atoms with Crippen molar-refractivity contribution in [3.63, 3.8) is 0 Å². The Hall–Kier alpha value is -0.610. The van der Waals surface area contributed by atoms with E-state index in [1.54, 1.807) is 0 Å². The Morgan fingerprint density at radius 1 is 1.35 bits per heavy atom. The zero-order valence-electron chi connectivity index (χ0n) is 11.1. The fourth-order valence-electron chi connectivity index (χ4n) is 2.36. The number of hydrogen-bond donors (Lipinski definition) is 2. The summed E-state index contributed by atoms with van der Waals surface area (Å²) < 4.78 is 5.89. The molecule has 100 valence electrons. The lowest BCUT2D eigenvalue weighted by molar-refractivity contribution is -0.125. The lowest BCUT2D eigenvalue weighted by Crippen LogP contribution is -2.43. The van der Waals surface area contributed by atoms with Gasteiger partial charge in [-0.15, -0.1) is 0 Å². The van der Waals surface area contributed by atoms with Crippen LogP contribution in [0.5, 0.6) is 0 Å². The lowest BCUT2D eigenvalue weighted by Gasteiger charge is -2.36. The van der Waals surface area contributed by atoms with E-state index in [0.29, 0.717) is 19.6 Å². The highest BCUT2D eigenvalue weighted by atomic mass is 16.5. The van der Waals surface area contributed by atoms with Crippen LogP contribution in [0.4, 0.5) is 0 Å². The van der Waals surface area contributed by atoms with E-state index in [2.05, 4.69) is 5.32 Å². The van der Waals surface area contributed by atoms with E-state index in [1.807, 2.05) is 13.8 Å². The Kier molecular flexibility index (Phi) is 5.92. The first-order valence-electron chi connectivity index (χ1n) is 6.71. The van der Waals surface area contributed by atoms with Gasteiger partial charge in [0.25, 0.3) is 0 Å². The van der Waals surface area contributed by atoms with Gasteiger partial charge in [0.05, 0.1) is 12.2 Å². The topological polar surface area (TPSA) is 64.3 Å². The minimum atomic E-state index is -0.156. The number of amides is 1. The van der Waals surface area contributed by atoms with Crippen LogP contribution in [0.25, 0.3) is 0 Å². The molecule has 1 aliphatic rings. The normalized spacial score (nSPS) is 19.3. The first-order valence-corrected chi connectivity index (χ1v) is 6.71. The molecule has 1 rings (SSSR count). The van der Waals surface area contributed by atoms with Crippen LogP contribution in [0.15, 0.2) is 0 Å². The molecule has 1 fully saturated rings. The zero-order chi connectivity index (χ0) is 12.7. The molecule has 0 bridgehead atoms. The largest absolute Gasteiger partial charge is 0.373 e. The molecule has 0 unspecified atom stereocenters. The van der Waals surface area contributed by atoms with Crippen LogP contribution in [-0.2, 0) is 9.53 Å². The summed E-state index contributed by atoms with van der Waals surface area (Å²) in [6.45, 7) is 4.97. The Balaban J connectivity index is 2.25.